The minimum atomic E-state index is -1.35. The smallest absolute Gasteiger partial charge is 0.229 e. The fraction of sp³-hybridized carbons (Fsp3) is 0.324. The Morgan fingerprint density at radius 3 is 2.51 bits per heavy atom. The first-order valence-electron chi connectivity index (χ1n) is 18.0. The molecule has 5 atom stereocenters. The van der Waals surface area contributed by atoms with Gasteiger partial charge in [0.1, 0.15) is 12.2 Å². The van der Waals surface area contributed by atoms with Crippen LogP contribution in [0.4, 0.5) is 17.5 Å². The van der Waals surface area contributed by atoms with E-state index in [-0.39, 0.29) is 17.8 Å². The van der Waals surface area contributed by atoms with Crippen molar-refractivity contribution in [3.05, 3.63) is 108 Å². The fourth-order valence-electron chi connectivity index (χ4n) is 6.91. The highest BCUT2D eigenvalue weighted by atomic mass is 16.6. The van der Waals surface area contributed by atoms with Crippen molar-refractivity contribution < 1.29 is 14.9 Å². The van der Waals surface area contributed by atoms with Crippen LogP contribution in [-0.4, -0.2) is 98.8 Å². The molecule has 0 bridgehead atoms. The van der Waals surface area contributed by atoms with Crippen molar-refractivity contribution in [3.63, 3.8) is 0 Å². The predicted molar refractivity (Wildman–Crippen MR) is 201 cm³/mol. The standard InChI is InChI=1S/C37H39N15O3/c1-2-52-48-33(47-49-52)31-29(53)30(54)35(55-31)51-22-42-28-32(40-19-27(23-10-5-3-6-11-23)24-12-7-4-8-13-24)45-37(46-34(28)51)50-17-15-26(20-50)44-36(41-21-38)43-25-14-9-16-39-18-25/h3-14,16,18,22,26-27,29-31,35,53-54H,2,15,17,19-20H2,1H3,(H,40,45,46)(H2,41,43,44)/t26?,29-,30+,31-,35+/m0/s1. The van der Waals surface area contributed by atoms with Gasteiger partial charge in [-0.05, 0) is 41.8 Å². The number of aliphatic hydroxyl groups is 2. The lowest BCUT2D eigenvalue weighted by Gasteiger charge is -2.22. The van der Waals surface area contributed by atoms with E-state index in [1.165, 1.54) is 11.1 Å². The van der Waals surface area contributed by atoms with E-state index < -0.39 is 24.5 Å². The molecule has 8 rings (SSSR count). The van der Waals surface area contributed by atoms with E-state index in [0.717, 1.165) is 11.1 Å². The van der Waals surface area contributed by atoms with Gasteiger partial charge < -0.3 is 30.5 Å². The number of imidazole rings is 1. The molecule has 6 aromatic rings. The molecule has 2 aromatic carbocycles. The van der Waals surface area contributed by atoms with Crippen molar-refractivity contribution in [2.75, 3.05) is 29.9 Å². The molecule has 2 saturated heterocycles. The maximum absolute atomic E-state index is 11.3. The van der Waals surface area contributed by atoms with Gasteiger partial charge in [-0.25, -0.2) is 9.98 Å². The summed E-state index contributed by atoms with van der Waals surface area (Å²) in [7, 11) is 0. The second-order valence-electron chi connectivity index (χ2n) is 13.2. The van der Waals surface area contributed by atoms with E-state index in [1.54, 1.807) is 29.1 Å². The largest absolute Gasteiger partial charge is 0.387 e. The number of ether oxygens (including phenoxy) is 1. The summed E-state index contributed by atoms with van der Waals surface area (Å²) in [6, 6.07) is 24.0. The summed E-state index contributed by atoms with van der Waals surface area (Å²) in [6.07, 6.45) is 2.69. The van der Waals surface area contributed by atoms with Crippen LogP contribution >= 0.6 is 0 Å². The van der Waals surface area contributed by atoms with Gasteiger partial charge in [-0.15, -0.1) is 10.2 Å². The lowest BCUT2D eigenvalue weighted by molar-refractivity contribution is -0.0384. The molecule has 280 valence electrons. The number of benzene rings is 2. The van der Waals surface area contributed by atoms with E-state index in [2.05, 4.69) is 65.6 Å². The SMILES string of the molecule is CCn1nnc([C@H]2O[C@@H](n3cnc4c(NCC(c5ccccc5)c5ccccc5)nc(N5CCC(NC(=Nc6cccnc6)NC#N)C5)nc43)[C@H](O)[C@@H]2O)n1. The molecule has 2 aliphatic rings. The third kappa shape index (κ3) is 7.48. The zero-order valence-electron chi connectivity index (χ0n) is 29.8. The average Bonchev–Trinajstić information content (AvgIpc) is 4.04. The Morgan fingerprint density at radius 2 is 1.82 bits per heavy atom. The molecular formula is C37H39N15O3. The number of pyridine rings is 1. The molecule has 2 aliphatic heterocycles. The Morgan fingerprint density at radius 1 is 1.04 bits per heavy atom. The van der Waals surface area contributed by atoms with Crippen LogP contribution < -0.4 is 20.9 Å². The summed E-state index contributed by atoms with van der Waals surface area (Å²) in [5.41, 5.74) is 3.73. The quantitative estimate of drug-likeness (QED) is 0.0556. The van der Waals surface area contributed by atoms with Crippen LogP contribution in [0.3, 0.4) is 0 Å². The highest BCUT2D eigenvalue weighted by Crippen LogP contribution is 2.39. The number of nitriles is 1. The van der Waals surface area contributed by atoms with E-state index in [9.17, 15) is 15.5 Å². The lowest BCUT2D eigenvalue weighted by atomic mass is 9.91. The predicted octanol–water partition coefficient (Wildman–Crippen LogP) is 2.39. The average molecular weight is 742 g/mol. The number of nitrogens with zero attached hydrogens (tertiary/aromatic N) is 12. The summed E-state index contributed by atoms with van der Waals surface area (Å²) >= 11 is 0. The van der Waals surface area contributed by atoms with Gasteiger partial charge >= 0.3 is 0 Å². The summed E-state index contributed by atoms with van der Waals surface area (Å²) in [4.78, 5) is 26.8. The number of guanidine groups is 1. The Bertz CT molecular complexity index is 2240. The summed E-state index contributed by atoms with van der Waals surface area (Å²) in [5, 5.41) is 53.7. The van der Waals surface area contributed by atoms with Gasteiger partial charge in [0.25, 0.3) is 0 Å². The molecule has 1 unspecified atom stereocenters. The Hall–Kier alpha value is -6.55. The minimum Gasteiger partial charge on any atom is -0.387 e. The van der Waals surface area contributed by atoms with E-state index in [4.69, 9.17) is 19.7 Å². The van der Waals surface area contributed by atoms with Crippen molar-refractivity contribution in [1.29, 1.82) is 5.26 Å². The maximum atomic E-state index is 11.3. The van der Waals surface area contributed by atoms with Gasteiger partial charge in [-0.2, -0.15) is 20.0 Å². The number of hydrogen-bond acceptors (Lipinski definition) is 14. The first-order chi connectivity index (χ1) is 27.0. The number of rotatable bonds is 11. The lowest BCUT2D eigenvalue weighted by Crippen LogP contribution is -2.43. The second kappa shape index (κ2) is 15.8. The number of aryl methyl sites for hydroxylation is 1. The normalized spacial score (nSPS) is 21.3. The Balaban J connectivity index is 1.12. The third-order valence-corrected chi connectivity index (χ3v) is 9.68. The Labute approximate surface area is 315 Å². The summed E-state index contributed by atoms with van der Waals surface area (Å²) in [5.74, 6) is 1.38. The summed E-state index contributed by atoms with van der Waals surface area (Å²) < 4.78 is 7.83. The van der Waals surface area contributed by atoms with Crippen molar-refractivity contribution in [2.45, 2.75) is 56.4 Å². The zero-order chi connectivity index (χ0) is 37.7. The van der Waals surface area contributed by atoms with Gasteiger partial charge in [0.15, 0.2) is 35.5 Å². The van der Waals surface area contributed by atoms with Gasteiger partial charge in [-0.1, -0.05) is 60.7 Å². The topological polar surface area (TPSA) is 225 Å². The van der Waals surface area contributed by atoms with Crippen LogP contribution in [0.5, 0.6) is 0 Å². The van der Waals surface area contributed by atoms with Crippen LogP contribution in [-0.2, 0) is 11.3 Å². The molecule has 0 spiro atoms. The molecule has 55 heavy (non-hydrogen) atoms. The number of aliphatic hydroxyl groups excluding tert-OH is 2. The number of aromatic nitrogens is 9. The fourth-order valence-corrected chi connectivity index (χ4v) is 6.91. The van der Waals surface area contributed by atoms with Crippen LogP contribution in [0.15, 0.2) is 96.5 Å². The van der Waals surface area contributed by atoms with Crippen LogP contribution in [0, 0.1) is 11.5 Å². The van der Waals surface area contributed by atoms with Crippen LogP contribution in [0.2, 0.25) is 0 Å². The second-order valence-corrected chi connectivity index (χ2v) is 13.2. The molecule has 18 heteroatoms. The molecule has 2 fully saturated rings. The molecule has 18 nitrogen and oxygen atoms in total. The van der Waals surface area contributed by atoms with Gasteiger partial charge in [-0.3, -0.25) is 14.9 Å². The molecule has 0 amide bonds. The molecule has 4 aromatic heterocycles. The number of anilines is 2. The Kier molecular flexibility index (Phi) is 10.2. The van der Waals surface area contributed by atoms with E-state index in [1.807, 2.05) is 54.4 Å². The third-order valence-electron chi connectivity index (χ3n) is 9.68. The molecule has 0 radical (unpaired) electrons. The highest BCUT2D eigenvalue weighted by molar-refractivity contribution is 5.85. The van der Waals surface area contributed by atoms with E-state index in [0.29, 0.717) is 67.2 Å². The molecule has 6 heterocycles. The number of aliphatic imine (C=N–C) groups is 1. The molecule has 0 saturated carbocycles. The van der Waals surface area contributed by atoms with Gasteiger partial charge in [0.05, 0.1) is 24.8 Å². The number of fused-ring (bicyclic) bond motifs is 1. The van der Waals surface area contributed by atoms with Crippen molar-refractivity contribution in [2.24, 2.45) is 4.99 Å². The van der Waals surface area contributed by atoms with Crippen LogP contribution in [0.1, 0.15) is 48.5 Å². The number of nitrogens with one attached hydrogen (secondary N) is 3. The van der Waals surface area contributed by atoms with Gasteiger partial charge in [0.2, 0.25) is 17.7 Å². The van der Waals surface area contributed by atoms with Crippen molar-refractivity contribution in [1.82, 2.24) is 55.3 Å². The highest BCUT2D eigenvalue weighted by Gasteiger charge is 2.47. The first-order valence-corrected chi connectivity index (χ1v) is 18.0. The molecular weight excluding hydrogens is 703 g/mol. The molecule has 5 N–H and O–H groups in total. The molecule has 0 aliphatic carbocycles. The number of tetrazole rings is 1. The van der Waals surface area contributed by atoms with E-state index >= 15 is 0 Å². The van der Waals surface area contributed by atoms with Crippen LogP contribution in [0.25, 0.3) is 11.2 Å². The van der Waals surface area contributed by atoms with Crippen molar-refractivity contribution in [3.8, 4) is 6.19 Å². The minimum absolute atomic E-state index is 0.0107. The zero-order valence-corrected chi connectivity index (χ0v) is 29.8. The monoisotopic (exact) mass is 741 g/mol. The number of hydrogen-bond donors (Lipinski definition) is 5. The maximum Gasteiger partial charge on any atom is 0.229 e. The van der Waals surface area contributed by atoms with Gasteiger partial charge in [0, 0.05) is 37.8 Å². The van der Waals surface area contributed by atoms with Crippen molar-refractivity contribution >= 4 is 34.6 Å². The summed E-state index contributed by atoms with van der Waals surface area (Å²) in [6.45, 7) is 3.94. The first kappa shape index (κ1) is 35.5.